The predicted molar refractivity (Wildman–Crippen MR) is 132 cm³/mol. The lowest BCUT2D eigenvalue weighted by Gasteiger charge is -2.46. The van der Waals surface area contributed by atoms with Crippen molar-refractivity contribution in [2.24, 2.45) is 0 Å². The molecule has 5 nitrogen and oxygen atoms in total. The highest BCUT2D eigenvalue weighted by Crippen LogP contribution is 2.38. The van der Waals surface area contributed by atoms with E-state index in [1.807, 2.05) is 23.5 Å². The standard InChI is InChI=1S/C24H33ClN2O3S2/c1-16-17(2)31-24(26-16)19-6-10-21(11-7-19)27-13-23(15-32(3,28)29)30-14-22(27)12-18-4-8-20(25)9-5-18/h4-5,8-9,19,21-23H,6-7,10-15H2,1-3H3/t19?,21?,22-,23+/m0/s1. The molecule has 0 radical (unpaired) electrons. The molecule has 2 fully saturated rings. The Labute approximate surface area is 201 Å². The van der Waals surface area contributed by atoms with E-state index in [9.17, 15) is 8.42 Å². The summed E-state index contributed by atoms with van der Waals surface area (Å²) in [4.78, 5) is 8.67. The van der Waals surface area contributed by atoms with Crippen molar-refractivity contribution in [3.63, 3.8) is 0 Å². The maximum Gasteiger partial charge on any atom is 0.150 e. The largest absolute Gasteiger partial charge is 0.374 e. The molecule has 1 aliphatic heterocycles. The minimum Gasteiger partial charge on any atom is -0.374 e. The third kappa shape index (κ3) is 6.11. The first-order valence-corrected chi connectivity index (χ1v) is 14.7. The average molecular weight is 497 g/mol. The normalized spacial score (nSPS) is 27.5. The Morgan fingerprint density at radius 1 is 1.16 bits per heavy atom. The topological polar surface area (TPSA) is 59.5 Å². The smallest absolute Gasteiger partial charge is 0.150 e. The second-order valence-corrected chi connectivity index (χ2v) is 13.3. The molecular formula is C24H33ClN2O3S2. The molecule has 176 valence electrons. The van der Waals surface area contributed by atoms with Crippen LogP contribution in [0.25, 0.3) is 0 Å². The van der Waals surface area contributed by atoms with E-state index >= 15 is 0 Å². The lowest BCUT2D eigenvalue weighted by molar-refractivity contribution is -0.0755. The fourth-order valence-electron chi connectivity index (χ4n) is 5.06. The highest BCUT2D eigenvalue weighted by atomic mass is 35.5. The number of morpholine rings is 1. The molecule has 0 spiro atoms. The Morgan fingerprint density at radius 2 is 1.84 bits per heavy atom. The van der Waals surface area contributed by atoms with E-state index in [1.54, 1.807) is 0 Å². The van der Waals surface area contributed by atoms with Gasteiger partial charge in [-0.2, -0.15) is 0 Å². The fraction of sp³-hybridized carbons (Fsp3) is 0.625. The number of aryl methyl sites for hydroxylation is 2. The molecule has 1 saturated carbocycles. The van der Waals surface area contributed by atoms with E-state index in [2.05, 4.69) is 30.9 Å². The van der Waals surface area contributed by atoms with Crippen molar-refractivity contribution in [2.75, 3.05) is 25.2 Å². The number of nitrogens with zero attached hydrogens (tertiary/aromatic N) is 2. The van der Waals surface area contributed by atoms with Gasteiger partial charge in [-0.25, -0.2) is 13.4 Å². The predicted octanol–water partition coefficient (Wildman–Crippen LogP) is 4.80. The van der Waals surface area contributed by atoms with Crippen LogP contribution in [0.2, 0.25) is 5.02 Å². The van der Waals surface area contributed by atoms with Crippen molar-refractivity contribution in [3.8, 4) is 0 Å². The monoisotopic (exact) mass is 496 g/mol. The van der Waals surface area contributed by atoms with Gasteiger partial charge in [-0.15, -0.1) is 11.3 Å². The number of sulfone groups is 1. The first kappa shape index (κ1) is 24.1. The van der Waals surface area contributed by atoms with Crippen LogP contribution in [-0.2, 0) is 21.0 Å². The summed E-state index contributed by atoms with van der Waals surface area (Å²) in [6.45, 7) is 5.49. The summed E-state index contributed by atoms with van der Waals surface area (Å²) >= 11 is 7.91. The van der Waals surface area contributed by atoms with Gasteiger partial charge in [0.05, 0.1) is 29.2 Å². The summed E-state index contributed by atoms with van der Waals surface area (Å²) in [6, 6.07) is 8.72. The minimum atomic E-state index is -3.08. The highest BCUT2D eigenvalue weighted by molar-refractivity contribution is 7.90. The molecule has 1 saturated heterocycles. The molecule has 0 bridgehead atoms. The maximum absolute atomic E-state index is 11.9. The summed E-state index contributed by atoms with van der Waals surface area (Å²) < 4.78 is 29.8. The Bertz CT molecular complexity index is 995. The van der Waals surface area contributed by atoms with Crippen LogP contribution in [-0.4, -0.2) is 61.6 Å². The highest BCUT2D eigenvalue weighted by Gasteiger charge is 2.37. The molecule has 0 unspecified atom stereocenters. The van der Waals surface area contributed by atoms with Crippen molar-refractivity contribution in [3.05, 3.63) is 50.4 Å². The number of hydrogen-bond donors (Lipinski definition) is 0. The number of ether oxygens (including phenoxy) is 1. The Hall–Kier alpha value is -0.990. The molecule has 4 rings (SSSR count). The van der Waals surface area contributed by atoms with Crippen molar-refractivity contribution in [2.45, 2.75) is 70.1 Å². The molecule has 0 N–H and O–H groups in total. The van der Waals surface area contributed by atoms with Crippen LogP contribution >= 0.6 is 22.9 Å². The molecule has 2 aromatic rings. The van der Waals surface area contributed by atoms with Gasteiger partial charge in [-0.3, -0.25) is 4.90 Å². The van der Waals surface area contributed by atoms with Crippen LogP contribution < -0.4 is 0 Å². The lowest BCUT2D eigenvalue weighted by atomic mass is 9.84. The second-order valence-electron chi connectivity index (χ2n) is 9.43. The molecule has 2 heterocycles. The summed E-state index contributed by atoms with van der Waals surface area (Å²) in [5, 5.41) is 2.03. The molecule has 1 aromatic heterocycles. The summed E-state index contributed by atoms with van der Waals surface area (Å²) in [5.74, 6) is 0.635. The molecule has 8 heteroatoms. The van der Waals surface area contributed by atoms with Crippen LogP contribution in [0.1, 0.15) is 52.7 Å². The molecule has 2 atom stereocenters. The van der Waals surface area contributed by atoms with E-state index in [-0.39, 0.29) is 17.9 Å². The van der Waals surface area contributed by atoms with Gasteiger partial charge >= 0.3 is 0 Å². The van der Waals surface area contributed by atoms with Crippen molar-refractivity contribution < 1.29 is 13.2 Å². The summed E-state index contributed by atoms with van der Waals surface area (Å²) in [5.41, 5.74) is 2.39. The molecule has 2 aliphatic rings. The van der Waals surface area contributed by atoms with Gasteiger partial charge in [-0.05, 0) is 63.6 Å². The van der Waals surface area contributed by atoms with Gasteiger partial charge in [0.25, 0.3) is 0 Å². The SMILES string of the molecule is Cc1nc(C2CCC(N3C[C@H](CS(C)(=O)=O)OC[C@@H]3Cc3ccc(Cl)cc3)CC2)sc1C. The number of thiazole rings is 1. The van der Waals surface area contributed by atoms with Crippen molar-refractivity contribution >= 4 is 32.8 Å². The lowest BCUT2D eigenvalue weighted by Crippen LogP contribution is -2.56. The molecule has 1 aromatic carbocycles. The van der Waals surface area contributed by atoms with Gasteiger partial charge in [0, 0.05) is 40.7 Å². The minimum absolute atomic E-state index is 0.0875. The van der Waals surface area contributed by atoms with E-state index in [0.717, 1.165) is 42.8 Å². The molecule has 1 aliphatic carbocycles. The van der Waals surface area contributed by atoms with Crippen LogP contribution in [0, 0.1) is 13.8 Å². The van der Waals surface area contributed by atoms with Gasteiger partial charge in [0.1, 0.15) is 9.84 Å². The van der Waals surface area contributed by atoms with E-state index in [1.165, 1.54) is 21.7 Å². The maximum atomic E-state index is 11.9. The number of aromatic nitrogens is 1. The van der Waals surface area contributed by atoms with Crippen molar-refractivity contribution in [1.82, 2.24) is 9.88 Å². The first-order chi connectivity index (χ1) is 15.2. The van der Waals surface area contributed by atoms with Gasteiger partial charge in [-0.1, -0.05) is 23.7 Å². The van der Waals surface area contributed by atoms with Crippen LogP contribution in [0.3, 0.4) is 0 Å². The second kappa shape index (κ2) is 10.1. The van der Waals surface area contributed by atoms with Crippen LogP contribution in [0.15, 0.2) is 24.3 Å². The number of rotatable bonds is 6. The van der Waals surface area contributed by atoms with Gasteiger partial charge < -0.3 is 4.74 Å². The quantitative estimate of drug-likeness (QED) is 0.575. The third-order valence-corrected chi connectivity index (χ3v) is 9.31. The number of halogens is 1. The van der Waals surface area contributed by atoms with Crippen LogP contribution in [0.4, 0.5) is 0 Å². The zero-order chi connectivity index (χ0) is 22.9. The average Bonchev–Trinajstić information content (AvgIpc) is 3.08. The fourth-order valence-corrected chi connectivity index (χ4v) is 7.16. The summed E-state index contributed by atoms with van der Waals surface area (Å²) in [6.07, 6.45) is 6.43. The zero-order valence-corrected chi connectivity index (χ0v) is 21.5. The third-order valence-electron chi connectivity index (χ3n) is 6.84. The molecule has 32 heavy (non-hydrogen) atoms. The first-order valence-electron chi connectivity index (χ1n) is 11.4. The van der Waals surface area contributed by atoms with E-state index in [0.29, 0.717) is 25.1 Å². The van der Waals surface area contributed by atoms with Crippen molar-refractivity contribution in [1.29, 1.82) is 0 Å². The van der Waals surface area contributed by atoms with Gasteiger partial charge in [0.15, 0.2) is 0 Å². The summed E-state index contributed by atoms with van der Waals surface area (Å²) in [7, 11) is -3.08. The molecular weight excluding hydrogens is 464 g/mol. The number of benzene rings is 1. The van der Waals surface area contributed by atoms with Crippen LogP contribution in [0.5, 0.6) is 0 Å². The Balaban J connectivity index is 1.46. The number of hydrogen-bond acceptors (Lipinski definition) is 6. The molecule has 0 amide bonds. The Kier molecular flexibility index (Phi) is 7.62. The van der Waals surface area contributed by atoms with Gasteiger partial charge in [0.2, 0.25) is 0 Å². The van der Waals surface area contributed by atoms with E-state index < -0.39 is 9.84 Å². The Morgan fingerprint density at radius 3 is 2.44 bits per heavy atom. The zero-order valence-electron chi connectivity index (χ0n) is 19.1. The van der Waals surface area contributed by atoms with E-state index in [4.69, 9.17) is 21.3 Å².